The lowest BCUT2D eigenvalue weighted by atomic mass is 10.1. The minimum Gasteiger partial charge on any atom is -0.497 e. The fourth-order valence-electron chi connectivity index (χ4n) is 2.92. The van der Waals surface area contributed by atoms with Gasteiger partial charge in [0.05, 0.1) is 7.11 Å². The number of hydrogen-bond acceptors (Lipinski definition) is 5. The third-order valence-corrected chi connectivity index (χ3v) is 4.93. The van der Waals surface area contributed by atoms with Gasteiger partial charge in [-0.2, -0.15) is 5.26 Å². The molecule has 0 aliphatic heterocycles. The maximum absolute atomic E-state index is 12.7. The molecule has 0 spiro atoms. The van der Waals surface area contributed by atoms with Crippen molar-refractivity contribution in [1.29, 1.82) is 5.26 Å². The average molecular weight is 475 g/mol. The summed E-state index contributed by atoms with van der Waals surface area (Å²) < 4.78 is 16.6. The maximum atomic E-state index is 12.7. The molecule has 0 atom stereocenters. The van der Waals surface area contributed by atoms with Crippen LogP contribution in [0.3, 0.4) is 0 Å². The molecule has 0 aliphatic carbocycles. The van der Waals surface area contributed by atoms with Crippen LogP contribution in [0.25, 0.3) is 6.08 Å². The van der Waals surface area contributed by atoms with Gasteiger partial charge in [0.15, 0.2) is 0 Å². The highest BCUT2D eigenvalue weighted by Gasteiger charge is 2.12. The number of methoxy groups -OCH3 is 1. The summed E-state index contributed by atoms with van der Waals surface area (Å²) in [6.45, 7) is 4.30. The molecule has 1 N–H and O–H groups in total. The number of hydrogen-bond donors (Lipinski definition) is 1. The van der Waals surface area contributed by atoms with E-state index in [1.165, 1.54) is 6.08 Å². The molecule has 3 rings (SSSR count). The Kier molecular flexibility index (Phi) is 8.73. The van der Waals surface area contributed by atoms with Crippen LogP contribution in [-0.2, 0) is 11.4 Å². The number of carbonyl (C=O) groups excluding carboxylic acids is 1. The fourth-order valence-corrected chi connectivity index (χ4v) is 3.04. The van der Waals surface area contributed by atoms with Crippen LogP contribution in [0, 0.1) is 11.3 Å². The first-order valence-corrected chi connectivity index (χ1v) is 10.7. The van der Waals surface area contributed by atoms with E-state index in [-0.39, 0.29) is 12.2 Å². The van der Waals surface area contributed by atoms with Crippen molar-refractivity contribution in [3.8, 4) is 23.3 Å². The second-order valence-electron chi connectivity index (χ2n) is 7.07. The molecule has 0 radical (unpaired) electrons. The van der Waals surface area contributed by atoms with Crippen LogP contribution in [0.1, 0.15) is 11.1 Å². The van der Waals surface area contributed by atoms with E-state index in [0.717, 1.165) is 5.56 Å². The molecule has 0 heterocycles. The van der Waals surface area contributed by atoms with E-state index in [9.17, 15) is 10.1 Å². The molecule has 0 saturated heterocycles. The van der Waals surface area contributed by atoms with Gasteiger partial charge in [0.25, 0.3) is 5.91 Å². The molecule has 3 aromatic rings. The van der Waals surface area contributed by atoms with Gasteiger partial charge in [-0.3, -0.25) is 4.79 Å². The summed E-state index contributed by atoms with van der Waals surface area (Å²) in [7, 11) is 1.55. The first-order chi connectivity index (χ1) is 16.5. The number of carbonyl (C=O) groups is 1. The predicted molar refractivity (Wildman–Crippen MR) is 133 cm³/mol. The number of benzene rings is 3. The first kappa shape index (κ1) is 24.4. The second kappa shape index (κ2) is 12.1. The lowest BCUT2D eigenvalue weighted by molar-refractivity contribution is -0.112. The number of nitrogens with zero attached hydrogens (tertiary/aromatic N) is 1. The molecular weight excluding hydrogens is 452 g/mol. The summed E-state index contributed by atoms with van der Waals surface area (Å²) in [5.41, 5.74) is 2.01. The van der Waals surface area contributed by atoms with Crippen molar-refractivity contribution in [3.05, 3.63) is 101 Å². The average Bonchev–Trinajstić information content (AvgIpc) is 2.86. The standard InChI is InChI=1S/C27H23ClN2O4/c1-3-14-33-26-16-25(32-2)11-6-20(26)15-21(17-29)27(31)30-23-9-12-24(13-10-23)34-18-19-4-7-22(28)8-5-19/h3-13,15-16H,1,14,18H2,2H3,(H,30,31)/b21-15+. The molecule has 1 amide bonds. The minimum atomic E-state index is -0.539. The van der Waals surface area contributed by atoms with Crippen molar-refractivity contribution in [3.63, 3.8) is 0 Å². The Hall–Kier alpha value is -4.21. The normalized spacial score (nSPS) is 10.7. The van der Waals surface area contributed by atoms with E-state index in [1.807, 2.05) is 18.2 Å². The Morgan fingerprint density at radius 3 is 2.41 bits per heavy atom. The summed E-state index contributed by atoms with van der Waals surface area (Å²) in [4.78, 5) is 12.7. The first-order valence-electron chi connectivity index (χ1n) is 10.3. The molecule has 6 nitrogen and oxygen atoms in total. The monoisotopic (exact) mass is 474 g/mol. The largest absolute Gasteiger partial charge is 0.497 e. The number of nitriles is 1. The molecule has 34 heavy (non-hydrogen) atoms. The smallest absolute Gasteiger partial charge is 0.266 e. The van der Waals surface area contributed by atoms with E-state index in [0.29, 0.717) is 40.1 Å². The van der Waals surface area contributed by atoms with Crippen LogP contribution in [0.5, 0.6) is 17.2 Å². The quantitative estimate of drug-likeness (QED) is 0.220. The summed E-state index contributed by atoms with van der Waals surface area (Å²) >= 11 is 5.89. The van der Waals surface area contributed by atoms with E-state index in [4.69, 9.17) is 25.8 Å². The Morgan fingerprint density at radius 1 is 1.06 bits per heavy atom. The van der Waals surface area contributed by atoms with Crippen LogP contribution in [0.2, 0.25) is 5.02 Å². The highest BCUT2D eigenvalue weighted by Crippen LogP contribution is 2.27. The Morgan fingerprint density at radius 2 is 1.76 bits per heavy atom. The number of amides is 1. The molecule has 0 aromatic heterocycles. The topological polar surface area (TPSA) is 80.6 Å². The lowest BCUT2D eigenvalue weighted by Gasteiger charge is -2.11. The van der Waals surface area contributed by atoms with Crippen LogP contribution >= 0.6 is 11.6 Å². The van der Waals surface area contributed by atoms with Crippen molar-refractivity contribution in [2.45, 2.75) is 6.61 Å². The van der Waals surface area contributed by atoms with Crippen molar-refractivity contribution >= 4 is 29.3 Å². The zero-order valence-corrected chi connectivity index (χ0v) is 19.3. The highest BCUT2D eigenvalue weighted by atomic mass is 35.5. The van der Waals surface area contributed by atoms with Gasteiger partial charge in [-0.1, -0.05) is 36.4 Å². The number of anilines is 1. The molecule has 0 bridgehead atoms. The number of rotatable bonds is 10. The highest BCUT2D eigenvalue weighted by molar-refractivity contribution is 6.30. The second-order valence-corrected chi connectivity index (χ2v) is 7.50. The molecule has 0 unspecified atom stereocenters. The van der Waals surface area contributed by atoms with Crippen LogP contribution in [0.4, 0.5) is 5.69 Å². The summed E-state index contributed by atoms with van der Waals surface area (Å²) in [6, 6.07) is 21.4. The number of nitrogens with one attached hydrogen (secondary N) is 1. The van der Waals surface area contributed by atoms with Gasteiger partial charge in [0.2, 0.25) is 0 Å². The van der Waals surface area contributed by atoms with Crippen LogP contribution in [0.15, 0.2) is 85.0 Å². The Labute approximate surface area is 203 Å². The van der Waals surface area contributed by atoms with Gasteiger partial charge in [0, 0.05) is 22.3 Å². The van der Waals surface area contributed by atoms with Gasteiger partial charge in [0.1, 0.15) is 42.1 Å². The van der Waals surface area contributed by atoms with Crippen molar-refractivity contribution in [1.82, 2.24) is 0 Å². The van der Waals surface area contributed by atoms with Gasteiger partial charge < -0.3 is 19.5 Å². The molecule has 3 aromatic carbocycles. The summed E-state index contributed by atoms with van der Waals surface area (Å²) in [6.07, 6.45) is 3.07. The minimum absolute atomic E-state index is 0.0725. The molecular formula is C27H23ClN2O4. The zero-order valence-electron chi connectivity index (χ0n) is 18.6. The van der Waals surface area contributed by atoms with Gasteiger partial charge in [-0.05, 0) is 60.2 Å². The fraction of sp³-hybridized carbons (Fsp3) is 0.111. The molecule has 0 fully saturated rings. The van der Waals surface area contributed by atoms with Crippen LogP contribution in [-0.4, -0.2) is 19.6 Å². The zero-order chi connectivity index (χ0) is 24.3. The molecule has 0 saturated carbocycles. The van der Waals surface area contributed by atoms with Gasteiger partial charge in [-0.15, -0.1) is 0 Å². The van der Waals surface area contributed by atoms with Crippen molar-refractivity contribution in [2.24, 2.45) is 0 Å². The molecule has 172 valence electrons. The van der Waals surface area contributed by atoms with E-state index >= 15 is 0 Å². The maximum Gasteiger partial charge on any atom is 0.266 e. The third-order valence-electron chi connectivity index (χ3n) is 4.67. The summed E-state index contributed by atoms with van der Waals surface area (Å²) in [5.74, 6) is 1.17. The Bertz CT molecular complexity index is 1210. The van der Waals surface area contributed by atoms with Crippen molar-refractivity contribution < 1.29 is 19.0 Å². The molecule has 7 heteroatoms. The van der Waals surface area contributed by atoms with Crippen molar-refractivity contribution in [2.75, 3.05) is 19.0 Å². The Balaban J connectivity index is 1.67. The summed E-state index contributed by atoms with van der Waals surface area (Å²) in [5, 5.41) is 12.9. The molecule has 0 aliphatic rings. The lowest BCUT2D eigenvalue weighted by Crippen LogP contribution is -2.13. The third kappa shape index (κ3) is 6.89. The number of halogens is 1. The SMILES string of the molecule is C=CCOc1cc(OC)ccc1/C=C(\C#N)C(=O)Nc1ccc(OCc2ccc(Cl)cc2)cc1. The van der Waals surface area contributed by atoms with Gasteiger partial charge in [-0.25, -0.2) is 0 Å². The van der Waals surface area contributed by atoms with Crippen LogP contribution < -0.4 is 19.5 Å². The van der Waals surface area contributed by atoms with Gasteiger partial charge >= 0.3 is 0 Å². The van der Waals surface area contributed by atoms with E-state index in [2.05, 4.69) is 11.9 Å². The predicted octanol–water partition coefficient (Wildman–Crippen LogP) is 6.04. The number of ether oxygens (including phenoxy) is 3. The van der Waals surface area contributed by atoms with E-state index < -0.39 is 5.91 Å². The van der Waals surface area contributed by atoms with E-state index in [1.54, 1.807) is 67.8 Å².